The van der Waals surface area contributed by atoms with Crippen molar-refractivity contribution in [3.05, 3.63) is 107 Å². The molecule has 0 aliphatic heterocycles. The van der Waals surface area contributed by atoms with E-state index in [0.29, 0.717) is 36.3 Å². The molecule has 0 unspecified atom stereocenters. The number of aromatic amines is 1. The van der Waals surface area contributed by atoms with Crippen LogP contribution in [0.4, 0.5) is 13.2 Å². The standard InChI is InChI=1S/C29H25F3N2O4/c30-29(31,32)38-21-11-9-20(10-12-21)36-18-24-22-7-4-8-25(35)23(22)13-14-26(24)37-27(17-28-33-15-16-34-28)19-5-2-1-3-6-19/h1-3,5-6,9-16,27H,4,7-8,17-18H2,(H,33,34)/t27-/m0/s1. The number of aromatic nitrogens is 2. The van der Waals surface area contributed by atoms with Crippen molar-refractivity contribution >= 4 is 5.78 Å². The highest BCUT2D eigenvalue weighted by Crippen LogP contribution is 2.35. The molecule has 0 saturated carbocycles. The number of halogens is 3. The lowest BCUT2D eigenvalue weighted by molar-refractivity contribution is -0.274. The van der Waals surface area contributed by atoms with Gasteiger partial charge in [-0.25, -0.2) is 4.98 Å². The Bertz CT molecular complexity index is 1370. The molecule has 6 nitrogen and oxygen atoms in total. The molecule has 1 atom stereocenters. The van der Waals surface area contributed by atoms with Gasteiger partial charge in [0.05, 0.1) is 0 Å². The van der Waals surface area contributed by atoms with Gasteiger partial charge in [-0.2, -0.15) is 0 Å². The number of hydrogen-bond acceptors (Lipinski definition) is 5. The highest BCUT2D eigenvalue weighted by atomic mass is 19.4. The first-order valence-electron chi connectivity index (χ1n) is 12.2. The van der Waals surface area contributed by atoms with Crippen LogP contribution in [0.15, 0.2) is 79.1 Å². The third kappa shape index (κ3) is 6.16. The van der Waals surface area contributed by atoms with Crippen LogP contribution in [0.3, 0.4) is 0 Å². The molecule has 196 valence electrons. The molecule has 1 heterocycles. The third-order valence-electron chi connectivity index (χ3n) is 6.33. The van der Waals surface area contributed by atoms with Crippen LogP contribution in [0.25, 0.3) is 0 Å². The zero-order valence-electron chi connectivity index (χ0n) is 20.3. The number of rotatable bonds is 9. The molecule has 1 aliphatic rings. The van der Waals surface area contributed by atoms with Gasteiger partial charge in [0.25, 0.3) is 0 Å². The third-order valence-corrected chi connectivity index (χ3v) is 6.33. The van der Waals surface area contributed by atoms with Gasteiger partial charge >= 0.3 is 6.36 Å². The molecule has 5 rings (SSSR count). The predicted octanol–water partition coefficient (Wildman–Crippen LogP) is 6.77. The Morgan fingerprint density at radius 2 is 1.71 bits per heavy atom. The molecule has 4 aromatic rings. The molecule has 0 fully saturated rings. The Balaban J connectivity index is 1.43. The SMILES string of the molecule is O=C1CCCc2c1ccc(O[C@@H](Cc1ncc[nH]1)c1ccccc1)c2COc1ccc(OC(F)(F)F)cc1. The molecule has 1 aliphatic carbocycles. The minimum atomic E-state index is -4.77. The number of alkyl halides is 3. The van der Waals surface area contributed by atoms with Crippen molar-refractivity contribution in [3.63, 3.8) is 0 Å². The van der Waals surface area contributed by atoms with E-state index in [1.54, 1.807) is 24.5 Å². The largest absolute Gasteiger partial charge is 0.573 e. The first-order chi connectivity index (χ1) is 18.4. The number of carbonyl (C=O) groups is 1. The van der Waals surface area contributed by atoms with Crippen molar-refractivity contribution in [2.24, 2.45) is 0 Å². The minimum Gasteiger partial charge on any atom is -0.489 e. The van der Waals surface area contributed by atoms with Crippen LogP contribution < -0.4 is 14.2 Å². The summed E-state index contributed by atoms with van der Waals surface area (Å²) < 4.78 is 53.9. The number of ether oxygens (including phenoxy) is 3. The van der Waals surface area contributed by atoms with Crippen molar-refractivity contribution in [1.29, 1.82) is 0 Å². The first kappa shape index (κ1) is 25.4. The van der Waals surface area contributed by atoms with E-state index in [9.17, 15) is 18.0 Å². The van der Waals surface area contributed by atoms with Gasteiger partial charge in [0.15, 0.2) is 5.78 Å². The fraction of sp³-hybridized carbons (Fsp3) is 0.241. The number of imidazole rings is 1. The van der Waals surface area contributed by atoms with Gasteiger partial charge < -0.3 is 19.2 Å². The van der Waals surface area contributed by atoms with Crippen LogP contribution in [0.2, 0.25) is 0 Å². The second-order valence-corrected chi connectivity index (χ2v) is 8.91. The van der Waals surface area contributed by atoms with E-state index in [-0.39, 0.29) is 24.2 Å². The molecule has 9 heteroatoms. The van der Waals surface area contributed by atoms with Crippen molar-refractivity contribution < 1.29 is 32.2 Å². The summed E-state index contributed by atoms with van der Waals surface area (Å²) >= 11 is 0. The number of H-pyrrole nitrogens is 1. The van der Waals surface area contributed by atoms with Crippen molar-refractivity contribution in [3.8, 4) is 17.2 Å². The normalized spacial score (nSPS) is 14.0. The van der Waals surface area contributed by atoms with Gasteiger partial charge in [-0.05, 0) is 60.4 Å². The fourth-order valence-electron chi connectivity index (χ4n) is 4.57. The second-order valence-electron chi connectivity index (χ2n) is 8.91. The number of benzene rings is 3. The van der Waals surface area contributed by atoms with E-state index in [2.05, 4.69) is 14.7 Å². The lowest BCUT2D eigenvalue weighted by Crippen LogP contribution is -2.18. The van der Waals surface area contributed by atoms with E-state index in [1.807, 2.05) is 30.3 Å². The number of fused-ring (bicyclic) bond motifs is 1. The molecular weight excluding hydrogens is 497 g/mol. The van der Waals surface area contributed by atoms with Crippen LogP contribution in [-0.4, -0.2) is 22.1 Å². The zero-order chi connectivity index (χ0) is 26.5. The predicted molar refractivity (Wildman–Crippen MR) is 133 cm³/mol. The Morgan fingerprint density at radius 3 is 2.42 bits per heavy atom. The highest BCUT2D eigenvalue weighted by Gasteiger charge is 2.31. The average molecular weight is 523 g/mol. The second kappa shape index (κ2) is 11.0. The number of nitrogens with zero attached hydrogens (tertiary/aromatic N) is 1. The van der Waals surface area contributed by atoms with Crippen molar-refractivity contribution in [1.82, 2.24) is 9.97 Å². The van der Waals surface area contributed by atoms with Crippen LogP contribution >= 0.6 is 0 Å². The Labute approximate surface area is 217 Å². The molecule has 38 heavy (non-hydrogen) atoms. The van der Waals surface area contributed by atoms with Gasteiger partial charge in [-0.15, -0.1) is 13.2 Å². The van der Waals surface area contributed by atoms with Crippen LogP contribution in [0.1, 0.15) is 51.8 Å². The lowest BCUT2D eigenvalue weighted by atomic mass is 9.87. The van der Waals surface area contributed by atoms with Gasteiger partial charge in [-0.1, -0.05) is 30.3 Å². The molecule has 0 amide bonds. The van der Waals surface area contributed by atoms with Gasteiger partial charge in [0.1, 0.15) is 35.8 Å². The molecule has 0 spiro atoms. The summed E-state index contributed by atoms with van der Waals surface area (Å²) in [6, 6.07) is 18.6. The Kier molecular flexibility index (Phi) is 7.35. The molecule has 1 aromatic heterocycles. The summed E-state index contributed by atoms with van der Waals surface area (Å²) in [4.78, 5) is 20.1. The summed E-state index contributed by atoms with van der Waals surface area (Å²) in [6.45, 7) is 0.0769. The molecular formula is C29H25F3N2O4. The van der Waals surface area contributed by atoms with E-state index in [4.69, 9.17) is 9.47 Å². The van der Waals surface area contributed by atoms with E-state index in [1.165, 1.54) is 24.3 Å². The average Bonchev–Trinajstić information content (AvgIpc) is 3.41. The van der Waals surface area contributed by atoms with Gasteiger partial charge in [0.2, 0.25) is 0 Å². The monoisotopic (exact) mass is 522 g/mol. The van der Waals surface area contributed by atoms with Gasteiger partial charge in [0, 0.05) is 36.4 Å². The number of ketones is 1. The van der Waals surface area contributed by atoms with Gasteiger partial charge in [-0.3, -0.25) is 4.79 Å². The van der Waals surface area contributed by atoms with E-state index < -0.39 is 6.36 Å². The Hall–Kier alpha value is -4.27. The van der Waals surface area contributed by atoms with Crippen molar-refractivity contribution in [2.75, 3.05) is 0 Å². The highest BCUT2D eigenvalue weighted by molar-refractivity contribution is 5.99. The maximum Gasteiger partial charge on any atom is 0.573 e. The number of Topliss-reactive ketones (excluding diaryl/α,β-unsaturated/α-hetero) is 1. The maximum absolute atomic E-state index is 12.6. The van der Waals surface area contributed by atoms with Crippen LogP contribution in [0, 0.1) is 0 Å². The van der Waals surface area contributed by atoms with Crippen molar-refractivity contribution in [2.45, 2.75) is 44.8 Å². The topological polar surface area (TPSA) is 73.4 Å². The number of hydrogen-bond donors (Lipinski definition) is 1. The summed E-state index contributed by atoms with van der Waals surface area (Å²) in [5, 5.41) is 0. The quantitative estimate of drug-likeness (QED) is 0.263. The summed E-state index contributed by atoms with van der Waals surface area (Å²) in [5.41, 5.74) is 3.23. The summed E-state index contributed by atoms with van der Waals surface area (Å²) in [6.07, 6.45) is 0.710. The fourth-order valence-corrected chi connectivity index (χ4v) is 4.57. The zero-order valence-corrected chi connectivity index (χ0v) is 20.3. The molecule has 0 bridgehead atoms. The van der Waals surface area contributed by atoms with Crippen LogP contribution in [-0.2, 0) is 19.4 Å². The molecule has 0 saturated heterocycles. The lowest BCUT2D eigenvalue weighted by Gasteiger charge is -2.25. The number of carbonyl (C=O) groups excluding carboxylic acids is 1. The van der Waals surface area contributed by atoms with E-state index in [0.717, 1.165) is 28.9 Å². The minimum absolute atomic E-state index is 0.0721. The van der Waals surface area contributed by atoms with E-state index >= 15 is 0 Å². The maximum atomic E-state index is 12.6. The smallest absolute Gasteiger partial charge is 0.489 e. The Morgan fingerprint density at radius 1 is 0.947 bits per heavy atom. The molecule has 3 aromatic carbocycles. The summed E-state index contributed by atoms with van der Waals surface area (Å²) in [5.74, 6) is 1.45. The van der Waals surface area contributed by atoms with Crippen LogP contribution in [0.5, 0.6) is 17.2 Å². The molecule has 1 N–H and O–H groups in total. The number of nitrogens with one attached hydrogen (secondary N) is 1. The molecule has 0 radical (unpaired) electrons. The summed E-state index contributed by atoms with van der Waals surface area (Å²) in [7, 11) is 0. The first-order valence-corrected chi connectivity index (χ1v) is 12.2.